The van der Waals surface area contributed by atoms with Gasteiger partial charge in [0.1, 0.15) is 6.04 Å². The maximum absolute atomic E-state index is 12.7. The van der Waals surface area contributed by atoms with Gasteiger partial charge in [-0.05, 0) is 62.8 Å². The fourth-order valence-corrected chi connectivity index (χ4v) is 5.30. The predicted octanol–water partition coefficient (Wildman–Crippen LogP) is 2.64. The first kappa shape index (κ1) is 24.0. The minimum atomic E-state index is -3.53. The molecule has 2 aliphatic rings. The van der Waals surface area contributed by atoms with Crippen LogP contribution in [0.5, 0.6) is 11.5 Å². The molecule has 1 aliphatic carbocycles. The summed E-state index contributed by atoms with van der Waals surface area (Å²) in [4.78, 5) is 25.5. The summed E-state index contributed by atoms with van der Waals surface area (Å²) < 4.78 is 38.0. The number of hydrogen-bond donors (Lipinski definition) is 3. The normalized spacial score (nSPS) is 20.4. The SMILES string of the molecule is CC(NC(=O)C1CCC(CNS(=O)(=O)c2ccccc2)CC1)C(=O)Nc1ccc2c(c1)OCO2. The third kappa shape index (κ3) is 5.87. The van der Waals surface area contributed by atoms with Crippen LogP contribution in [0.1, 0.15) is 32.6 Å². The van der Waals surface area contributed by atoms with Crippen LogP contribution in [0.25, 0.3) is 0 Å². The third-order valence-corrected chi connectivity index (χ3v) is 7.66. The van der Waals surface area contributed by atoms with Crippen molar-refractivity contribution in [3.8, 4) is 11.5 Å². The number of fused-ring (bicyclic) bond motifs is 1. The summed E-state index contributed by atoms with van der Waals surface area (Å²) in [6.45, 7) is 2.14. The van der Waals surface area contributed by atoms with Crippen molar-refractivity contribution in [2.24, 2.45) is 11.8 Å². The first-order valence-corrected chi connectivity index (χ1v) is 12.9. The lowest BCUT2D eigenvalue weighted by Gasteiger charge is -2.28. The van der Waals surface area contributed by atoms with Gasteiger partial charge in [-0.1, -0.05) is 18.2 Å². The highest BCUT2D eigenvalue weighted by molar-refractivity contribution is 7.89. The average Bonchev–Trinajstić information content (AvgIpc) is 3.31. The lowest BCUT2D eigenvalue weighted by Crippen LogP contribution is -2.45. The summed E-state index contributed by atoms with van der Waals surface area (Å²) in [5, 5.41) is 5.57. The predicted molar refractivity (Wildman–Crippen MR) is 126 cm³/mol. The second-order valence-corrected chi connectivity index (χ2v) is 10.4. The standard InChI is InChI=1S/C24H29N3O6S/c1-16(23(28)27-19-11-12-21-22(13-19)33-15-32-21)26-24(29)18-9-7-17(8-10-18)14-25-34(30,31)20-5-3-2-4-6-20/h2-6,11-13,16-18,25H,7-10,14-15H2,1H3,(H,26,29)(H,27,28). The van der Waals surface area contributed by atoms with E-state index in [4.69, 9.17) is 9.47 Å². The van der Waals surface area contributed by atoms with Crippen LogP contribution in [0.15, 0.2) is 53.4 Å². The van der Waals surface area contributed by atoms with E-state index in [1.807, 2.05) is 0 Å². The van der Waals surface area contributed by atoms with E-state index in [-0.39, 0.29) is 35.3 Å². The van der Waals surface area contributed by atoms with Gasteiger partial charge in [-0.3, -0.25) is 9.59 Å². The molecule has 0 bridgehead atoms. The second-order valence-electron chi connectivity index (χ2n) is 8.67. The molecule has 0 aromatic heterocycles. The molecule has 1 saturated carbocycles. The van der Waals surface area contributed by atoms with Gasteiger partial charge < -0.3 is 20.1 Å². The van der Waals surface area contributed by atoms with Gasteiger partial charge >= 0.3 is 0 Å². The van der Waals surface area contributed by atoms with E-state index in [9.17, 15) is 18.0 Å². The van der Waals surface area contributed by atoms with E-state index in [0.29, 0.717) is 36.6 Å². The van der Waals surface area contributed by atoms with Gasteiger partial charge in [-0.25, -0.2) is 13.1 Å². The Hall–Kier alpha value is -3.11. The molecule has 2 aromatic rings. The van der Waals surface area contributed by atoms with Crippen LogP contribution in [-0.2, 0) is 19.6 Å². The summed E-state index contributed by atoms with van der Waals surface area (Å²) in [5.41, 5.74) is 0.564. The molecule has 2 aromatic carbocycles. The zero-order valence-electron chi connectivity index (χ0n) is 19.0. The van der Waals surface area contributed by atoms with E-state index in [1.54, 1.807) is 55.5 Å². The van der Waals surface area contributed by atoms with E-state index in [0.717, 1.165) is 12.8 Å². The zero-order chi connectivity index (χ0) is 24.1. The molecule has 0 saturated heterocycles. The largest absolute Gasteiger partial charge is 0.454 e. The molecule has 34 heavy (non-hydrogen) atoms. The molecule has 10 heteroatoms. The Bertz CT molecular complexity index is 1130. The van der Waals surface area contributed by atoms with Gasteiger partial charge in [-0.15, -0.1) is 0 Å². The van der Waals surface area contributed by atoms with E-state index in [2.05, 4.69) is 15.4 Å². The van der Waals surface area contributed by atoms with Crippen molar-refractivity contribution >= 4 is 27.5 Å². The lowest BCUT2D eigenvalue weighted by molar-refractivity contribution is -0.129. The first-order valence-electron chi connectivity index (χ1n) is 11.4. The molecule has 1 fully saturated rings. The van der Waals surface area contributed by atoms with E-state index < -0.39 is 16.1 Å². The number of benzene rings is 2. The van der Waals surface area contributed by atoms with Crippen LogP contribution < -0.4 is 24.8 Å². The van der Waals surface area contributed by atoms with Gasteiger partial charge in [-0.2, -0.15) is 0 Å². The Morgan fingerprint density at radius 2 is 1.71 bits per heavy atom. The number of carbonyl (C=O) groups excluding carboxylic acids is 2. The number of amides is 2. The van der Waals surface area contributed by atoms with Crippen molar-refractivity contribution in [2.45, 2.75) is 43.5 Å². The molecule has 2 amide bonds. The Morgan fingerprint density at radius 1 is 1.00 bits per heavy atom. The van der Waals surface area contributed by atoms with Gasteiger partial charge in [0.15, 0.2) is 11.5 Å². The minimum absolute atomic E-state index is 0.153. The molecular weight excluding hydrogens is 458 g/mol. The minimum Gasteiger partial charge on any atom is -0.454 e. The second kappa shape index (κ2) is 10.4. The van der Waals surface area contributed by atoms with Crippen molar-refractivity contribution in [1.29, 1.82) is 0 Å². The van der Waals surface area contributed by atoms with E-state index in [1.165, 1.54) is 0 Å². The molecule has 182 valence electrons. The van der Waals surface area contributed by atoms with Gasteiger partial charge in [0, 0.05) is 24.2 Å². The van der Waals surface area contributed by atoms with Crippen molar-refractivity contribution in [1.82, 2.24) is 10.0 Å². The topological polar surface area (TPSA) is 123 Å². The van der Waals surface area contributed by atoms with Crippen LogP contribution in [0.3, 0.4) is 0 Å². The van der Waals surface area contributed by atoms with Crippen LogP contribution in [0.2, 0.25) is 0 Å². The number of ether oxygens (including phenoxy) is 2. The fraction of sp³-hybridized carbons (Fsp3) is 0.417. The molecule has 0 radical (unpaired) electrons. The number of anilines is 1. The molecule has 1 aliphatic heterocycles. The summed E-state index contributed by atoms with van der Waals surface area (Å²) in [6, 6.07) is 12.7. The number of rotatable bonds is 8. The van der Waals surface area contributed by atoms with Crippen molar-refractivity contribution < 1.29 is 27.5 Å². The van der Waals surface area contributed by atoms with Crippen LogP contribution in [0, 0.1) is 11.8 Å². The Kier molecular flexibility index (Phi) is 7.38. The summed E-state index contributed by atoms with van der Waals surface area (Å²) >= 11 is 0. The molecule has 9 nitrogen and oxygen atoms in total. The number of carbonyl (C=O) groups is 2. The molecule has 4 rings (SSSR count). The van der Waals surface area contributed by atoms with Crippen molar-refractivity contribution in [3.05, 3.63) is 48.5 Å². The average molecular weight is 488 g/mol. The van der Waals surface area contributed by atoms with Crippen molar-refractivity contribution in [3.63, 3.8) is 0 Å². The van der Waals surface area contributed by atoms with Gasteiger partial charge in [0.05, 0.1) is 4.90 Å². The quantitative estimate of drug-likeness (QED) is 0.526. The summed E-state index contributed by atoms with van der Waals surface area (Å²) in [6.07, 6.45) is 2.79. The van der Waals surface area contributed by atoms with Crippen molar-refractivity contribution in [2.75, 3.05) is 18.7 Å². The zero-order valence-corrected chi connectivity index (χ0v) is 19.8. The third-order valence-electron chi connectivity index (χ3n) is 6.23. The number of nitrogens with one attached hydrogen (secondary N) is 3. The maximum atomic E-state index is 12.7. The highest BCUT2D eigenvalue weighted by Crippen LogP contribution is 2.34. The fourth-order valence-electron chi connectivity index (χ4n) is 4.16. The smallest absolute Gasteiger partial charge is 0.246 e. The van der Waals surface area contributed by atoms with Crippen LogP contribution >= 0.6 is 0 Å². The first-order chi connectivity index (χ1) is 16.3. The Balaban J connectivity index is 1.20. The Morgan fingerprint density at radius 3 is 2.44 bits per heavy atom. The number of hydrogen-bond acceptors (Lipinski definition) is 6. The number of sulfonamides is 1. The summed E-state index contributed by atoms with van der Waals surface area (Å²) in [5.74, 6) is 0.699. The maximum Gasteiger partial charge on any atom is 0.246 e. The molecule has 1 heterocycles. The highest BCUT2D eigenvalue weighted by Gasteiger charge is 2.29. The van der Waals surface area contributed by atoms with E-state index >= 15 is 0 Å². The van der Waals surface area contributed by atoms with Crippen LogP contribution in [0.4, 0.5) is 5.69 Å². The molecular formula is C24H29N3O6S. The summed E-state index contributed by atoms with van der Waals surface area (Å²) in [7, 11) is -3.53. The molecule has 0 spiro atoms. The molecule has 3 N–H and O–H groups in total. The molecule has 1 unspecified atom stereocenters. The Labute approximate surface area is 199 Å². The lowest BCUT2D eigenvalue weighted by atomic mass is 9.81. The monoisotopic (exact) mass is 487 g/mol. The highest BCUT2D eigenvalue weighted by atomic mass is 32.2. The van der Waals surface area contributed by atoms with Crippen LogP contribution in [-0.4, -0.2) is 39.6 Å². The van der Waals surface area contributed by atoms with Gasteiger partial charge in [0.2, 0.25) is 28.6 Å². The van der Waals surface area contributed by atoms with Gasteiger partial charge in [0.25, 0.3) is 0 Å². The molecule has 1 atom stereocenters.